The molecule has 3 N–H and O–H groups in total. The number of carboxylic acid groups (broad SMARTS) is 1. The number of carboxylic acids is 1. The van der Waals surface area contributed by atoms with Gasteiger partial charge in [0.15, 0.2) is 0 Å². The third-order valence-corrected chi connectivity index (χ3v) is 4.19. The van der Waals surface area contributed by atoms with E-state index in [-0.39, 0.29) is 18.1 Å². The van der Waals surface area contributed by atoms with Gasteiger partial charge in [-0.1, -0.05) is 19.8 Å². The van der Waals surface area contributed by atoms with Crippen LogP contribution in [-0.2, 0) is 6.54 Å². The molecule has 1 fully saturated rings. The molecule has 21 heavy (non-hydrogen) atoms. The van der Waals surface area contributed by atoms with Crippen molar-refractivity contribution in [3.05, 3.63) is 23.2 Å². The predicted molar refractivity (Wildman–Crippen MR) is 77.1 cm³/mol. The molecule has 0 saturated heterocycles. The Balaban J connectivity index is 1.76. The van der Waals surface area contributed by atoms with Gasteiger partial charge >= 0.3 is 12.0 Å². The summed E-state index contributed by atoms with van der Waals surface area (Å²) in [5.41, 5.74) is 0.131. The molecular weight excluding hydrogens is 272 g/mol. The number of aromatic carboxylic acids is 1. The molecule has 1 saturated carbocycles. The second-order valence-electron chi connectivity index (χ2n) is 5.72. The molecule has 1 aromatic heterocycles. The van der Waals surface area contributed by atoms with Crippen LogP contribution in [0.15, 0.2) is 10.5 Å². The van der Waals surface area contributed by atoms with Crippen molar-refractivity contribution in [3.63, 3.8) is 0 Å². The summed E-state index contributed by atoms with van der Waals surface area (Å²) in [7, 11) is 0. The maximum atomic E-state index is 11.7. The first kappa shape index (κ1) is 15.4. The van der Waals surface area contributed by atoms with Crippen molar-refractivity contribution in [2.45, 2.75) is 39.7 Å². The van der Waals surface area contributed by atoms with E-state index in [0.29, 0.717) is 29.9 Å². The molecule has 2 amide bonds. The fourth-order valence-corrected chi connectivity index (χ4v) is 2.82. The minimum Gasteiger partial charge on any atom is -0.478 e. The van der Waals surface area contributed by atoms with Crippen molar-refractivity contribution in [3.8, 4) is 0 Å². The van der Waals surface area contributed by atoms with Crippen molar-refractivity contribution >= 4 is 12.0 Å². The van der Waals surface area contributed by atoms with Crippen LogP contribution in [0.4, 0.5) is 4.79 Å². The fourth-order valence-electron chi connectivity index (χ4n) is 2.82. The van der Waals surface area contributed by atoms with Gasteiger partial charge in [0.05, 0.1) is 6.54 Å². The monoisotopic (exact) mass is 294 g/mol. The van der Waals surface area contributed by atoms with E-state index >= 15 is 0 Å². The van der Waals surface area contributed by atoms with E-state index in [4.69, 9.17) is 9.52 Å². The zero-order chi connectivity index (χ0) is 15.4. The molecule has 2 rings (SSSR count). The van der Waals surface area contributed by atoms with E-state index in [2.05, 4.69) is 17.6 Å². The summed E-state index contributed by atoms with van der Waals surface area (Å²) in [6.07, 6.45) is 3.64. The highest BCUT2D eigenvalue weighted by Gasteiger charge is 2.23. The van der Waals surface area contributed by atoms with Crippen LogP contribution in [0.3, 0.4) is 0 Å². The highest BCUT2D eigenvalue weighted by atomic mass is 16.4. The lowest BCUT2D eigenvalue weighted by atomic mass is 9.98. The Hall–Kier alpha value is -1.98. The molecule has 6 heteroatoms. The Labute approximate surface area is 123 Å². The normalized spacial score (nSPS) is 21.2. The molecule has 1 heterocycles. The summed E-state index contributed by atoms with van der Waals surface area (Å²) >= 11 is 0. The molecule has 2 atom stereocenters. The van der Waals surface area contributed by atoms with Gasteiger partial charge in [-0.3, -0.25) is 0 Å². The maximum Gasteiger partial charge on any atom is 0.339 e. The number of amides is 2. The SMILES string of the molecule is Cc1oc(CNC(=O)NCC2CCCC2C)cc1C(=O)O. The first-order valence-electron chi connectivity index (χ1n) is 7.31. The van der Waals surface area contributed by atoms with Crippen LogP contribution in [0, 0.1) is 18.8 Å². The first-order valence-corrected chi connectivity index (χ1v) is 7.31. The highest BCUT2D eigenvalue weighted by molar-refractivity contribution is 5.88. The molecule has 0 radical (unpaired) electrons. The summed E-state index contributed by atoms with van der Waals surface area (Å²) in [6.45, 7) is 4.68. The van der Waals surface area contributed by atoms with Crippen LogP contribution in [0.5, 0.6) is 0 Å². The maximum absolute atomic E-state index is 11.7. The molecule has 0 aliphatic heterocycles. The minimum atomic E-state index is -1.03. The molecule has 0 bridgehead atoms. The Kier molecular flexibility index (Phi) is 4.88. The smallest absolute Gasteiger partial charge is 0.339 e. The van der Waals surface area contributed by atoms with Crippen LogP contribution in [-0.4, -0.2) is 23.7 Å². The second kappa shape index (κ2) is 6.65. The third-order valence-electron chi connectivity index (χ3n) is 4.19. The zero-order valence-electron chi connectivity index (χ0n) is 12.4. The lowest BCUT2D eigenvalue weighted by Crippen LogP contribution is -2.38. The number of hydrogen-bond acceptors (Lipinski definition) is 3. The van der Waals surface area contributed by atoms with E-state index in [1.54, 1.807) is 6.92 Å². The molecule has 1 aromatic rings. The van der Waals surface area contributed by atoms with Crippen LogP contribution in [0.1, 0.15) is 48.1 Å². The third kappa shape index (κ3) is 4.00. The number of rotatable bonds is 5. The number of urea groups is 1. The Bertz CT molecular complexity index is 524. The number of nitrogens with one attached hydrogen (secondary N) is 2. The Morgan fingerprint density at radius 3 is 2.71 bits per heavy atom. The van der Waals surface area contributed by atoms with Gasteiger partial charge in [-0.05, 0) is 31.2 Å². The van der Waals surface area contributed by atoms with Crippen LogP contribution in [0.2, 0.25) is 0 Å². The number of aryl methyl sites for hydroxylation is 1. The van der Waals surface area contributed by atoms with E-state index in [1.165, 1.54) is 25.3 Å². The fraction of sp³-hybridized carbons (Fsp3) is 0.600. The summed E-state index contributed by atoms with van der Waals surface area (Å²) in [4.78, 5) is 22.6. The average Bonchev–Trinajstić information content (AvgIpc) is 3.00. The molecule has 0 aromatic carbocycles. The van der Waals surface area contributed by atoms with Crippen molar-refractivity contribution in [2.24, 2.45) is 11.8 Å². The van der Waals surface area contributed by atoms with Crippen molar-refractivity contribution in [2.75, 3.05) is 6.54 Å². The summed E-state index contributed by atoms with van der Waals surface area (Å²) < 4.78 is 5.30. The minimum absolute atomic E-state index is 0.131. The molecule has 0 spiro atoms. The number of carbonyl (C=O) groups is 2. The zero-order valence-corrected chi connectivity index (χ0v) is 12.4. The van der Waals surface area contributed by atoms with Gasteiger partial charge in [-0.15, -0.1) is 0 Å². The second-order valence-corrected chi connectivity index (χ2v) is 5.72. The van der Waals surface area contributed by atoms with Crippen molar-refractivity contribution in [1.82, 2.24) is 10.6 Å². The van der Waals surface area contributed by atoms with Crippen molar-refractivity contribution in [1.29, 1.82) is 0 Å². The highest BCUT2D eigenvalue weighted by Crippen LogP contribution is 2.30. The summed E-state index contributed by atoms with van der Waals surface area (Å²) in [6, 6.07) is 1.19. The van der Waals surface area contributed by atoms with Gasteiger partial charge in [-0.2, -0.15) is 0 Å². The largest absolute Gasteiger partial charge is 0.478 e. The summed E-state index contributed by atoms with van der Waals surface area (Å²) in [5.74, 6) is 0.979. The van der Waals surface area contributed by atoms with E-state index in [0.717, 1.165) is 0 Å². The van der Waals surface area contributed by atoms with E-state index in [1.807, 2.05) is 0 Å². The standard InChI is InChI=1S/C15H22N2O4/c1-9-4-3-5-11(9)7-16-15(20)17-8-12-6-13(14(18)19)10(2)21-12/h6,9,11H,3-5,7-8H2,1-2H3,(H,18,19)(H2,16,17,20). The first-order chi connectivity index (χ1) is 9.97. The topological polar surface area (TPSA) is 91.6 Å². The van der Waals surface area contributed by atoms with Crippen LogP contribution < -0.4 is 10.6 Å². The number of hydrogen-bond donors (Lipinski definition) is 3. The molecule has 1 aliphatic carbocycles. The van der Waals surface area contributed by atoms with Crippen LogP contribution in [0.25, 0.3) is 0 Å². The average molecular weight is 294 g/mol. The molecular formula is C15H22N2O4. The van der Waals surface area contributed by atoms with Gasteiger partial charge in [0.1, 0.15) is 17.1 Å². The van der Waals surface area contributed by atoms with Gasteiger partial charge in [0.2, 0.25) is 0 Å². The van der Waals surface area contributed by atoms with Crippen molar-refractivity contribution < 1.29 is 19.1 Å². The summed E-state index contributed by atoms with van der Waals surface area (Å²) in [5, 5.41) is 14.5. The van der Waals surface area contributed by atoms with Gasteiger partial charge < -0.3 is 20.2 Å². The van der Waals surface area contributed by atoms with Crippen LogP contribution >= 0.6 is 0 Å². The van der Waals surface area contributed by atoms with Gasteiger partial charge in [-0.25, -0.2) is 9.59 Å². The van der Waals surface area contributed by atoms with E-state index in [9.17, 15) is 9.59 Å². The Morgan fingerprint density at radius 2 is 2.14 bits per heavy atom. The molecule has 116 valence electrons. The predicted octanol–water partition coefficient (Wildman–Crippen LogP) is 2.52. The lowest BCUT2D eigenvalue weighted by molar-refractivity contribution is 0.0695. The van der Waals surface area contributed by atoms with E-state index < -0.39 is 5.97 Å². The number of carbonyl (C=O) groups excluding carboxylic acids is 1. The molecule has 2 unspecified atom stereocenters. The lowest BCUT2D eigenvalue weighted by Gasteiger charge is -2.15. The number of furan rings is 1. The van der Waals surface area contributed by atoms with Gasteiger partial charge in [0.25, 0.3) is 0 Å². The molecule has 1 aliphatic rings. The quantitative estimate of drug-likeness (QED) is 0.778. The Morgan fingerprint density at radius 1 is 1.38 bits per heavy atom. The van der Waals surface area contributed by atoms with Gasteiger partial charge in [0, 0.05) is 6.54 Å². The molecule has 6 nitrogen and oxygen atoms in total.